The van der Waals surface area contributed by atoms with E-state index in [0.717, 1.165) is 22.7 Å². The van der Waals surface area contributed by atoms with E-state index in [1.165, 1.54) is 11.3 Å². The number of hydrogen-bond donors (Lipinski definition) is 2. The molecule has 1 aromatic heterocycles. The van der Waals surface area contributed by atoms with Gasteiger partial charge in [-0.2, -0.15) is 0 Å². The van der Waals surface area contributed by atoms with E-state index < -0.39 is 0 Å². The summed E-state index contributed by atoms with van der Waals surface area (Å²) in [6.45, 7) is 2.49. The first kappa shape index (κ1) is 17.2. The molecule has 4 nitrogen and oxygen atoms in total. The number of nitrogens with two attached hydrogens (primary N) is 1. The molecule has 3 N–H and O–H groups in total. The number of amides is 1. The summed E-state index contributed by atoms with van der Waals surface area (Å²) in [5, 5.41) is 6.61. The fraction of sp³-hybridized carbons (Fsp3) is 0.333. The van der Waals surface area contributed by atoms with Crippen molar-refractivity contribution in [1.82, 2.24) is 10.3 Å². The number of nitrogens with one attached hydrogen (secondary N) is 1. The first-order valence-electron chi connectivity index (χ1n) is 6.88. The molecule has 7 heteroatoms. The number of carbonyl (C=O) groups excluding carboxylic acids is 1. The zero-order valence-corrected chi connectivity index (χ0v) is 14.4. The van der Waals surface area contributed by atoms with E-state index in [2.05, 4.69) is 10.3 Å². The second-order valence-electron chi connectivity index (χ2n) is 5.06. The third kappa shape index (κ3) is 4.95. The molecule has 2 rings (SSSR count). The van der Waals surface area contributed by atoms with Crippen molar-refractivity contribution in [3.63, 3.8) is 0 Å². The van der Waals surface area contributed by atoms with Crippen LogP contribution in [0.15, 0.2) is 23.6 Å². The monoisotopic (exact) mass is 357 g/mol. The average Bonchev–Trinajstić information content (AvgIpc) is 2.86. The summed E-state index contributed by atoms with van der Waals surface area (Å²) >= 11 is 13.5. The molecule has 0 aliphatic rings. The minimum absolute atomic E-state index is 0.0558. The Morgan fingerprint density at radius 1 is 1.45 bits per heavy atom. The molecule has 1 heterocycles. The van der Waals surface area contributed by atoms with Gasteiger partial charge in [0.1, 0.15) is 5.01 Å². The summed E-state index contributed by atoms with van der Waals surface area (Å²) in [7, 11) is 0. The minimum Gasteiger partial charge on any atom is -0.356 e. The molecule has 0 saturated heterocycles. The van der Waals surface area contributed by atoms with Crippen LogP contribution in [-0.2, 0) is 11.2 Å². The van der Waals surface area contributed by atoms with Gasteiger partial charge in [-0.15, -0.1) is 11.3 Å². The van der Waals surface area contributed by atoms with E-state index in [0.29, 0.717) is 16.6 Å². The molecule has 2 aromatic rings. The van der Waals surface area contributed by atoms with E-state index in [9.17, 15) is 4.79 Å². The third-order valence-electron chi connectivity index (χ3n) is 2.98. The molecule has 0 aliphatic carbocycles. The van der Waals surface area contributed by atoms with Crippen LogP contribution in [0.5, 0.6) is 0 Å². The Labute approximate surface area is 143 Å². The lowest BCUT2D eigenvalue weighted by Crippen LogP contribution is -2.30. The Morgan fingerprint density at radius 2 is 2.23 bits per heavy atom. The molecule has 0 saturated carbocycles. The van der Waals surface area contributed by atoms with Gasteiger partial charge in [-0.05, 0) is 31.5 Å². The fourth-order valence-corrected chi connectivity index (χ4v) is 3.25. The van der Waals surface area contributed by atoms with E-state index in [4.69, 9.17) is 28.9 Å². The first-order valence-corrected chi connectivity index (χ1v) is 8.51. The topological polar surface area (TPSA) is 68.0 Å². The lowest BCUT2D eigenvalue weighted by Gasteiger charge is -2.06. The summed E-state index contributed by atoms with van der Waals surface area (Å²) in [5.41, 5.74) is 7.19. The number of rotatable bonds is 6. The Hall–Kier alpha value is -1.14. The van der Waals surface area contributed by atoms with Gasteiger partial charge in [0.25, 0.3) is 0 Å². The smallest absolute Gasteiger partial charge is 0.226 e. The molecule has 0 fully saturated rings. The molecule has 0 radical (unpaired) electrons. The number of benzene rings is 1. The molecule has 0 aliphatic heterocycles. The van der Waals surface area contributed by atoms with Crippen LogP contribution in [0, 0.1) is 0 Å². The van der Waals surface area contributed by atoms with Crippen molar-refractivity contribution in [2.24, 2.45) is 5.73 Å². The molecule has 0 bridgehead atoms. The highest BCUT2D eigenvalue weighted by Gasteiger charge is 2.11. The Balaban J connectivity index is 1.98. The molecule has 118 valence electrons. The van der Waals surface area contributed by atoms with Crippen molar-refractivity contribution in [2.45, 2.75) is 25.8 Å². The van der Waals surface area contributed by atoms with Crippen LogP contribution >= 0.6 is 34.5 Å². The number of nitrogens with zero attached hydrogens (tertiary/aromatic N) is 1. The summed E-state index contributed by atoms with van der Waals surface area (Å²) in [6, 6.07) is 5.36. The second-order valence-corrected chi connectivity index (χ2v) is 6.76. The molecule has 1 atom stereocenters. The maximum atomic E-state index is 11.8. The third-order valence-corrected chi connectivity index (χ3v) is 4.45. The van der Waals surface area contributed by atoms with Gasteiger partial charge in [0.2, 0.25) is 5.91 Å². The van der Waals surface area contributed by atoms with Gasteiger partial charge in [0.15, 0.2) is 0 Å². The summed E-state index contributed by atoms with van der Waals surface area (Å²) in [5.74, 6) is -0.0558. The molecule has 22 heavy (non-hydrogen) atoms. The van der Waals surface area contributed by atoms with Crippen LogP contribution in [0.3, 0.4) is 0 Å². The van der Waals surface area contributed by atoms with Crippen molar-refractivity contribution in [1.29, 1.82) is 0 Å². The predicted octanol–water partition coefficient (Wildman–Crippen LogP) is 3.51. The number of hydrogen-bond acceptors (Lipinski definition) is 4. The Bertz CT molecular complexity index is 658. The van der Waals surface area contributed by atoms with Gasteiger partial charge in [-0.3, -0.25) is 4.79 Å². The fourth-order valence-electron chi connectivity index (χ4n) is 1.84. The zero-order chi connectivity index (χ0) is 16.1. The summed E-state index contributed by atoms with van der Waals surface area (Å²) < 4.78 is 0. The highest BCUT2D eigenvalue weighted by atomic mass is 35.5. The second kappa shape index (κ2) is 7.92. The zero-order valence-electron chi connectivity index (χ0n) is 12.1. The standard InChI is InChI=1S/C15H17Cl2N3OS/c1-9(18)4-5-19-14(21)7-11-8-22-15(20-11)12-3-2-10(16)6-13(12)17/h2-3,6,8-9H,4-5,7,18H2,1H3,(H,19,21). The highest BCUT2D eigenvalue weighted by Crippen LogP contribution is 2.32. The predicted molar refractivity (Wildman–Crippen MR) is 92.6 cm³/mol. The van der Waals surface area contributed by atoms with Gasteiger partial charge in [0, 0.05) is 28.6 Å². The highest BCUT2D eigenvalue weighted by molar-refractivity contribution is 7.13. The van der Waals surface area contributed by atoms with E-state index in [1.54, 1.807) is 12.1 Å². The Kier molecular flexibility index (Phi) is 6.20. The largest absolute Gasteiger partial charge is 0.356 e. The summed E-state index contributed by atoms with van der Waals surface area (Å²) in [6.07, 6.45) is 1.01. The van der Waals surface area contributed by atoms with Crippen LogP contribution in [0.25, 0.3) is 10.6 Å². The van der Waals surface area contributed by atoms with E-state index in [-0.39, 0.29) is 18.4 Å². The number of carbonyl (C=O) groups is 1. The van der Waals surface area contributed by atoms with E-state index in [1.807, 2.05) is 18.4 Å². The lowest BCUT2D eigenvalue weighted by atomic mass is 10.2. The maximum Gasteiger partial charge on any atom is 0.226 e. The lowest BCUT2D eigenvalue weighted by molar-refractivity contribution is -0.120. The quantitative estimate of drug-likeness (QED) is 0.830. The number of thiazole rings is 1. The van der Waals surface area contributed by atoms with Crippen molar-refractivity contribution < 1.29 is 4.79 Å². The summed E-state index contributed by atoms with van der Waals surface area (Å²) in [4.78, 5) is 16.3. The van der Waals surface area contributed by atoms with Crippen molar-refractivity contribution >= 4 is 40.4 Å². The van der Waals surface area contributed by atoms with Crippen LogP contribution in [0.1, 0.15) is 19.0 Å². The number of aromatic nitrogens is 1. The van der Waals surface area contributed by atoms with Crippen molar-refractivity contribution in [3.05, 3.63) is 39.3 Å². The van der Waals surface area contributed by atoms with Gasteiger partial charge < -0.3 is 11.1 Å². The van der Waals surface area contributed by atoms with Crippen LogP contribution < -0.4 is 11.1 Å². The SMILES string of the molecule is CC(N)CCNC(=O)Cc1csc(-c2ccc(Cl)cc2Cl)n1. The minimum atomic E-state index is -0.0558. The van der Waals surface area contributed by atoms with Crippen LogP contribution in [-0.4, -0.2) is 23.5 Å². The molecule has 1 amide bonds. The molecular weight excluding hydrogens is 341 g/mol. The number of halogens is 2. The van der Waals surface area contributed by atoms with E-state index >= 15 is 0 Å². The van der Waals surface area contributed by atoms with Crippen molar-refractivity contribution in [2.75, 3.05) is 6.54 Å². The normalized spacial score (nSPS) is 12.2. The first-order chi connectivity index (χ1) is 10.5. The van der Waals surface area contributed by atoms with Gasteiger partial charge >= 0.3 is 0 Å². The van der Waals surface area contributed by atoms with Gasteiger partial charge in [-0.1, -0.05) is 23.2 Å². The maximum absolute atomic E-state index is 11.8. The molecular formula is C15H17Cl2N3OS. The molecule has 1 unspecified atom stereocenters. The molecule has 0 spiro atoms. The molecule has 1 aromatic carbocycles. The van der Waals surface area contributed by atoms with Gasteiger partial charge in [-0.25, -0.2) is 4.98 Å². The van der Waals surface area contributed by atoms with Crippen molar-refractivity contribution in [3.8, 4) is 10.6 Å². The van der Waals surface area contributed by atoms with Gasteiger partial charge in [0.05, 0.1) is 17.1 Å². The average molecular weight is 358 g/mol. The van der Waals surface area contributed by atoms with Crippen LogP contribution in [0.4, 0.5) is 0 Å². The Morgan fingerprint density at radius 3 is 2.91 bits per heavy atom. The van der Waals surface area contributed by atoms with Crippen LogP contribution in [0.2, 0.25) is 10.0 Å².